The van der Waals surface area contributed by atoms with Gasteiger partial charge in [-0.2, -0.15) is 0 Å². The van der Waals surface area contributed by atoms with E-state index in [4.69, 9.17) is 11.6 Å². The summed E-state index contributed by atoms with van der Waals surface area (Å²) < 4.78 is 0. The number of rotatable bonds is 4. The molecule has 1 aromatic rings. The van der Waals surface area contributed by atoms with E-state index in [2.05, 4.69) is 10.6 Å². The predicted octanol–water partition coefficient (Wildman–Crippen LogP) is 5.99. The van der Waals surface area contributed by atoms with E-state index in [9.17, 15) is 4.79 Å². The fourth-order valence-electron chi connectivity index (χ4n) is 4.36. The number of amides is 2. The van der Waals surface area contributed by atoms with E-state index in [0.29, 0.717) is 11.1 Å². The second-order valence-electron chi connectivity index (χ2n) is 7.57. The summed E-state index contributed by atoms with van der Waals surface area (Å²) in [7, 11) is 0. The molecule has 2 amide bonds. The van der Waals surface area contributed by atoms with Crippen LogP contribution in [0.2, 0.25) is 5.02 Å². The molecule has 3 rings (SSSR count). The lowest BCUT2D eigenvalue weighted by Crippen LogP contribution is -2.40. The Morgan fingerprint density at radius 2 is 1.71 bits per heavy atom. The fraction of sp³-hybridized carbons (Fsp3) is 0.650. The van der Waals surface area contributed by atoms with Gasteiger partial charge in [-0.1, -0.05) is 49.8 Å². The van der Waals surface area contributed by atoms with Crippen LogP contribution in [0.5, 0.6) is 0 Å². The number of benzene rings is 1. The van der Waals surface area contributed by atoms with Gasteiger partial charge in [-0.15, -0.1) is 0 Å². The van der Waals surface area contributed by atoms with Gasteiger partial charge in [0.05, 0.1) is 0 Å². The van der Waals surface area contributed by atoms with Crippen molar-refractivity contribution in [3.8, 4) is 0 Å². The molecule has 2 aliphatic rings. The van der Waals surface area contributed by atoms with E-state index in [-0.39, 0.29) is 6.03 Å². The Morgan fingerprint density at radius 3 is 2.42 bits per heavy atom. The average Bonchev–Trinajstić information content (AvgIpc) is 2.57. The second kappa shape index (κ2) is 8.75. The highest BCUT2D eigenvalue weighted by atomic mass is 35.5. The Hall–Kier alpha value is -1.22. The van der Waals surface area contributed by atoms with Gasteiger partial charge in [-0.25, -0.2) is 4.79 Å². The largest absolute Gasteiger partial charge is 0.335 e. The predicted molar refractivity (Wildman–Crippen MR) is 101 cm³/mol. The Bertz CT molecular complexity index is 534. The molecule has 0 bridgehead atoms. The van der Waals surface area contributed by atoms with Crippen molar-refractivity contribution in [2.75, 3.05) is 5.32 Å². The minimum Gasteiger partial charge on any atom is -0.335 e. The molecule has 4 heteroatoms. The molecule has 2 N–H and O–H groups in total. The molecule has 0 atom stereocenters. The molecular formula is C20H29ClN2O. The average molecular weight is 349 g/mol. The molecule has 3 nitrogen and oxygen atoms in total. The number of hydrogen-bond acceptors (Lipinski definition) is 1. The Labute approximate surface area is 150 Å². The lowest BCUT2D eigenvalue weighted by Gasteiger charge is -2.32. The standard InChI is InChI=1S/C20H29ClN2O/c21-17-7-4-8-19(14-17)23-20(24)22-18-11-9-16(10-12-18)13-15-5-2-1-3-6-15/h4,7-8,14-16,18H,1-3,5-6,9-13H2,(H2,22,23,24). The van der Waals surface area contributed by atoms with Crippen molar-refractivity contribution in [2.24, 2.45) is 11.8 Å². The van der Waals surface area contributed by atoms with Crippen LogP contribution >= 0.6 is 11.6 Å². The van der Waals surface area contributed by atoms with E-state index in [1.165, 1.54) is 51.4 Å². The molecule has 0 saturated heterocycles. The molecule has 2 saturated carbocycles. The molecule has 24 heavy (non-hydrogen) atoms. The quantitative estimate of drug-likeness (QED) is 0.689. The lowest BCUT2D eigenvalue weighted by molar-refractivity contribution is 0.215. The van der Waals surface area contributed by atoms with Crippen molar-refractivity contribution in [3.05, 3.63) is 29.3 Å². The van der Waals surface area contributed by atoms with Gasteiger partial charge in [0.2, 0.25) is 0 Å². The van der Waals surface area contributed by atoms with Crippen molar-refractivity contribution in [1.82, 2.24) is 5.32 Å². The molecule has 0 aliphatic heterocycles. The molecule has 0 unspecified atom stereocenters. The minimum absolute atomic E-state index is 0.118. The first-order chi connectivity index (χ1) is 11.7. The first kappa shape index (κ1) is 17.6. The maximum atomic E-state index is 12.1. The highest BCUT2D eigenvalue weighted by Gasteiger charge is 2.25. The van der Waals surface area contributed by atoms with Gasteiger partial charge in [-0.3, -0.25) is 0 Å². The summed E-state index contributed by atoms with van der Waals surface area (Å²) >= 11 is 5.94. The van der Waals surface area contributed by atoms with Gasteiger partial charge in [0.25, 0.3) is 0 Å². The molecule has 132 valence electrons. The van der Waals surface area contributed by atoms with Crippen molar-refractivity contribution in [1.29, 1.82) is 0 Å². The molecular weight excluding hydrogens is 320 g/mol. The summed E-state index contributed by atoms with van der Waals surface area (Å²) in [6.45, 7) is 0. The molecule has 2 fully saturated rings. The SMILES string of the molecule is O=C(Nc1cccc(Cl)c1)NC1CCC(CC2CCCCC2)CC1. The van der Waals surface area contributed by atoms with Crippen LogP contribution in [0.4, 0.5) is 10.5 Å². The normalized spacial score (nSPS) is 25.2. The van der Waals surface area contributed by atoms with Gasteiger partial charge in [0, 0.05) is 16.8 Å². The van der Waals surface area contributed by atoms with Gasteiger partial charge in [-0.05, 0) is 62.1 Å². The van der Waals surface area contributed by atoms with E-state index >= 15 is 0 Å². The third kappa shape index (κ3) is 5.41. The highest BCUT2D eigenvalue weighted by molar-refractivity contribution is 6.30. The van der Waals surface area contributed by atoms with Gasteiger partial charge < -0.3 is 10.6 Å². The number of nitrogens with one attached hydrogen (secondary N) is 2. The lowest BCUT2D eigenvalue weighted by atomic mass is 9.76. The van der Waals surface area contributed by atoms with E-state index in [0.717, 1.165) is 30.4 Å². The number of halogens is 1. The third-order valence-corrected chi connectivity index (χ3v) is 5.89. The van der Waals surface area contributed by atoms with Crippen molar-refractivity contribution in [2.45, 2.75) is 70.3 Å². The Kier molecular flexibility index (Phi) is 6.42. The smallest absolute Gasteiger partial charge is 0.319 e. The molecule has 0 spiro atoms. The van der Waals surface area contributed by atoms with Crippen LogP contribution in [0.3, 0.4) is 0 Å². The van der Waals surface area contributed by atoms with Crippen LogP contribution in [0.15, 0.2) is 24.3 Å². The maximum absolute atomic E-state index is 12.1. The summed E-state index contributed by atoms with van der Waals surface area (Å²) in [5, 5.41) is 6.63. The first-order valence-electron chi connectivity index (χ1n) is 9.52. The van der Waals surface area contributed by atoms with Crippen LogP contribution in [0, 0.1) is 11.8 Å². The Morgan fingerprint density at radius 1 is 1.00 bits per heavy atom. The minimum atomic E-state index is -0.118. The van der Waals surface area contributed by atoms with Crippen molar-refractivity contribution < 1.29 is 4.79 Å². The number of hydrogen-bond donors (Lipinski definition) is 2. The zero-order chi connectivity index (χ0) is 16.8. The summed E-state index contributed by atoms with van der Waals surface area (Å²) in [4.78, 5) is 12.1. The monoisotopic (exact) mass is 348 g/mol. The Balaban J connectivity index is 1.37. The maximum Gasteiger partial charge on any atom is 0.319 e. The van der Waals surface area contributed by atoms with Gasteiger partial charge in [0.15, 0.2) is 0 Å². The molecule has 1 aromatic carbocycles. The summed E-state index contributed by atoms with van der Waals surface area (Å²) in [5.41, 5.74) is 0.742. The molecule has 0 aromatic heterocycles. The van der Waals surface area contributed by atoms with Crippen LogP contribution in [0.1, 0.15) is 64.2 Å². The van der Waals surface area contributed by atoms with E-state index in [1.54, 1.807) is 12.1 Å². The topological polar surface area (TPSA) is 41.1 Å². The van der Waals surface area contributed by atoms with E-state index < -0.39 is 0 Å². The highest BCUT2D eigenvalue weighted by Crippen LogP contribution is 2.35. The fourth-order valence-corrected chi connectivity index (χ4v) is 4.55. The number of anilines is 1. The number of carbonyl (C=O) groups excluding carboxylic acids is 1. The molecule has 0 radical (unpaired) electrons. The zero-order valence-electron chi connectivity index (χ0n) is 14.4. The van der Waals surface area contributed by atoms with Crippen molar-refractivity contribution in [3.63, 3.8) is 0 Å². The first-order valence-corrected chi connectivity index (χ1v) is 9.90. The van der Waals surface area contributed by atoms with Crippen LogP contribution < -0.4 is 10.6 Å². The third-order valence-electron chi connectivity index (χ3n) is 5.66. The van der Waals surface area contributed by atoms with E-state index in [1.807, 2.05) is 12.1 Å². The summed E-state index contributed by atoms with van der Waals surface area (Å²) in [5.74, 6) is 1.85. The van der Waals surface area contributed by atoms with Crippen molar-refractivity contribution >= 4 is 23.3 Å². The molecule has 2 aliphatic carbocycles. The van der Waals surface area contributed by atoms with Gasteiger partial charge in [0.1, 0.15) is 0 Å². The summed E-state index contributed by atoms with van der Waals surface area (Å²) in [6.07, 6.45) is 13.4. The van der Waals surface area contributed by atoms with Crippen LogP contribution in [-0.2, 0) is 0 Å². The number of carbonyl (C=O) groups is 1. The summed E-state index contributed by atoms with van der Waals surface area (Å²) in [6, 6.07) is 7.46. The second-order valence-corrected chi connectivity index (χ2v) is 8.00. The molecule has 0 heterocycles. The number of urea groups is 1. The van der Waals surface area contributed by atoms with Crippen LogP contribution in [0.25, 0.3) is 0 Å². The van der Waals surface area contributed by atoms with Crippen LogP contribution in [-0.4, -0.2) is 12.1 Å². The zero-order valence-corrected chi connectivity index (χ0v) is 15.2. The van der Waals surface area contributed by atoms with Gasteiger partial charge >= 0.3 is 6.03 Å².